The molecule has 5 heteroatoms. The average molecular weight is 1180 g/mol. The maximum Gasteiger partial charge on any atom is 0.252 e. The van der Waals surface area contributed by atoms with Crippen molar-refractivity contribution < 1.29 is 0 Å². The lowest BCUT2D eigenvalue weighted by Crippen LogP contribution is -2.59. The van der Waals surface area contributed by atoms with Crippen LogP contribution in [-0.2, 0) is 27.1 Å². The molecule has 4 nitrogen and oxygen atoms in total. The Labute approximate surface area is 533 Å². The maximum atomic E-state index is 2.77. The fourth-order valence-electron chi connectivity index (χ4n) is 16.6. The second kappa shape index (κ2) is 17.8. The Balaban J connectivity index is 1.08. The molecule has 444 valence electrons. The van der Waals surface area contributed by atoms with E-state index < -0.39 is 0 Å². The van der Waals surface area contributed by atoms with E-state index in [9.17, 15) is 0 Å². The van der Waals surface area contributed by atoms with Gasteiger partial charge < -0.3 is 18.1 Å². The first-order valence-electron chi connectivity index (χ1n) is 33.1. The molecule has 0 fully saturated rings. The van der Waals surface area contributed by atoms with Crippen LogP contribution in [0.2, 0.25) is 0 Å². The molecule has 0 amide bonds. The van der Waals surface area contributed by atoms with Gasteiger partial charge in [-0.3, -0.25) is 0 Å². The van der Waals surface area contributed by atoms with Crippen LogP contribution in [0.1, 0.15) is 132 Å². The largest absolute Gasteiger partial charge is 0.310 e. The Hall–Kier alpha value is -9.32. The summed E-state index contributed by atoms with van der Waals surface area (Å²) in [5.74, 6) is 0. The lowest BCUT2D eigenvalue weighted by atomic mass is 9.33. The number of rotatable bonds is 1. The molecule has 11 aromatic carbocycles. The number of hydrogen-bond donors (Lipinski definition) is 0. The molecule has 0 saturated carbocycles. The van der Waals surface area contributed by atoms with Crippen molar-refractivity contribution in [2.75, 3.05) is 0 Å². The Bertz CT molecular complexity index is 5960. The van der Waals surface area contributed by atoms with Crippen molar-refractivity contribution in [3.8, 4) is 17.1 Å². The molecule has 0 radical (unpaired) electrons. The van der Waals surface area contributed by atoms with Crippen molar-refractivity contribution >= 4 is 148 Å². The minimum absolute atomic E-state index is 0.00545. The van der Waals surface area contributed by atoms with Gasteiger partial charge in [-0.05, 0) is 172 Å². The van der Waals surface area contributed by atoms with E-state index in [1.807, 2.05) is 0 Å². The van der Waals surface area contributed by atoms with Crippen LogP contribution in [-0.4, -0.2) is 24.8 Å². The summed E-state index contributed by atoms with van der Waals surface area (Å²) >= 11 is 0. The lowest BCUT2D eigenvalue weighted by Gasteiger charge is -2.36. The fourth-order valence-corrected chi connectivity index (χ4v) is 16.6. The van der Waals surface area contributed by atoms with Crippen molar-refractivity contribution in [3.63, 3.8) is 0 Å². The van der Waals surface area contributed by atoms with Crippen LogP contribution >= 0.6 is 0 Å². The van der Waals surface area contributed by atoms with Gasteiger partial charge >= 0.3 is 0 Å². The SMILES string of the molecule is CC(C)(C)c1ccc2c(c1)c1cc(C(C)(C)C)ccc1n2-c1ccc2c(c1)c1cc(C(C)(C)C)cc3c1n2-c1c2c(cc4c1c1cccc5c6ccccc6c6ccccc6c6ccccc6n4c51)-n1c4ccc(C(C)(C)C)cc4c4cc(C(C)(C)C)cc(c41)B23. The zero-order valence-corrected chi connectivity index (χ0v) is 55.3. The van der Waals surface area contributed by atoms with E-state index in [0.717, 1.165) is 0 Å². The summed E-state index contributed by atoms with van der Waals surface area (Å²) in [7, 11) is 0. The summed E-state index contributed by atoms with van der Waals surface area (Å²) in [5.41, 5.74) is 25.4. The lowest BCUT2D eigenvalue weighted by molar-refractivity contribution is 0.590. The van der Waals surface area contributed by atoms with E-state index in [4.69, 9.17) is 0 Å². The molecule has 0 unspecified atom stereocenters. The molecule has 0 N–H and O–H groups in total. The van der Waals surface area contributed by atoms with Crippen LogP contribution in [0.3, 0.4) is 0 Å². The van der Waals surface area contributed by atoms with E-state index in [-0.39, 0.29) is 33.8 Å². The third-order valence-corrected chi connectivity index (χ3v) is 21.4. The third kappa shape index (κ3) is 7.41. The first-order chi connectivity index (χ1) is 43.3. The summed E-state index contributed by atoms with van der Waals surface area (Å²) in [4.78, 5) is 0. The Kier molecular flexibility index (Phi) is 10.7. The molecule has 16 aromatic rings. The smallest absolute Gasteiger partial charge is 0.252 e. The van der Waals surface area contributed by atoms with Gasteiger partial charge in [-0.2, -0.15) is 0 Å². The highest BCUT2D eigenvalue weighted by molar-refractivity contribution is 7.00. The van der Waals surface area contributed by atoms with Crippen molar-refractivity contribution in [2.24, 2.45) is 0 Å². The summed E-state index contributed by atoms with van der Waals surface area (Å²) in [6, 6.07) is 77.0. The van der Waals surface area contributed by atoms with Crippen LogP contribution in [0.25, 0.3) is 142 Å². The summed E-state index contributed by atoms with van der Waals surface area (Å²) in [6.07, 6.45) is 0. The van der Waals surface area contributed by atoms with Crippen LogP contribution in [0.15, 0.2) is 194 Å². The van der Waals surface area contributed by atoms with Crippen molar-refractivity contribution in [3.05, 3.63) is 222 Å². The molecule has 0 spiro atoms. The molecule has 2 aliphatic rings. The van der Waals surface area contributed by atoms with Gasteiger partial charge in [0.15, 0.2) is 0 Å². The molecule has 18 rings (SSSR count). The van der Waals surface area contributed by atoms with Crippen LogP contribution < -0.4 is 16.4 Å². The van der Waals surface area contributed by atoms with E-state index in [1.165, 1.54) is 186 Å². The van der Waals surface area contributed by atoms with E-state index in [0.29, 0.717) is 0 Å². The van der Waals surface area contributed by atoms with Gasteiger partial charge in [0.1, 0.15) is 0 Å². The molecule has 0 bridgehead atoms. The normalized spacial score (nSPS) is 13.9. The second-order valence-electron chi connectivity index (χ2n) is 32.2. The molecule has 0 atom stereocenters. The number of hydrogen-bond acceptors (Lipinski definition) is 0. The fraction of sp³-hybridized carbons (Fsp3) is 0.233. The minimum Gasteiger partial charge on any atom is -0.310 e. The summed E-state index contributed by atoms with van der Waals surface area (Å²) < 4.78 is 10.7. The maximum absolute atomic E-state index is 2.77. The van der Waals surface area contributed by atoms with Crippen molar-refractivity contribution in [1.29, 1.82) is 0 Å². The Morgan fingerprint density at radius 3 is 1.19 bits per heavy atom. The van der Waals surface area contributed by atoms with Crippen LogP contribution in [0.5, 0.6) is 0 Å². The monoisotopic (exact) mass is 1180 g/mol. The van der Waals surface area contributed by atoms with Gasteiger partial charge in [-0.15, -0.1) is 0 Å². The van der Waals surface area contributed by atoms with Gasteiger partial charge in [0, 0.05) is 76.3 Å². The quantitative estimate of drug-likeness (QED) is 0.146. The van der Waals surface area contributed by atoms with E-state index in [2.05, 4.69) is 316 Å². The van der Waals surface area contributed by atoms with Gasteiger partial charge in [-0.1, -0.05) is 219 Å². The highest BCUT2D eigenvalue weighted by Crippen LogP contribution is 2.49. The number of para-hydroxylation sites is 2. The molecule has 5 aromatic heterocycles. The molecular weight excluding hydrogens is 1100 g/mol. The summed E-state index contributed by atoms with van der Waals surface area (Å²) in [5, 5.41) is 17.7. The van der Waals surface area contributed by atoms with Crippen LogP contribution in [0.4, 0.5) is 0 Å². The Morgan fingerprint density at radius 2 is 0.659 bits per heavy atom. The zero-order valence-electron chi connectivity index (χ0n) is 55.3. The number of nitrogens with zero attached hydrogens (tertiary/aromatic N) is 4. The predicted molar refractivity (Wildman–Crippen MR) is 395 cm³/mol. The third-order valence-electron chi connectivity index (χ3n) is 21.4. The number of aromatic nitrogens is 4. The minimum atomic E-state index is -0.154. The molecule has 7 heterocycles. The van der Waals surface area contributed by atoms with Gasteiger partial charge in [0.25, 0.3) is 6.71 Å². The van der Waals surface area contributed by atoms with E-state index >= 15 is 0 Å². The van der Waals surface area contributed by atoms with E-state index in [1.54, 1.807) is 0 Å². The van der Waals surface area contributed by atoms with Gasteiger partial charge in [-0.25, -0.2) is 0 Å². The standard InChI is InChI=1S/C86H77BN4/c1-82(2,3)48-31-35-70-61(39-48)62-40-49(83(4,5)6)32-36-71(62)88(70)53-34-38-73-64(46-53)66-43-52(86(13,14)15)45-68-80(66)91(73)81-76-60-29-22-28-59-57-26-19-17-24-55(57)54-23-16-18-25-56(54)58-27-20-21-30-69(58)89(78(59)60)74(76)47-75-77(81)87(68)67-44-51(85(10,11)12)42-65-63-41-50(84(7,8)9)33-37-72(63)90(75)79(65)67/h16-47H,1-15H3. The van der Waals surface area contributed by atoms with Gasteiger partial charge in [0.2, 0.25) is 0 Å². The topological polar surface area (TPSA) is 19.2 Å². The highest BCUT2D eigenvalue weighted by Gasteiger charge is 2.44. The molecule has 0 aliphatic carbocycles. The van der Waals surface area contributed by atoms with Crippen molar-refractivity contribution in [1.82, 2.24) is 18.1 Å². The highest BCUT2D eigenvalue weighted by atomic mass is 15.1. The predicted octanol–water partition coefficient (Wildman–Crippen LogP) is 21.2. The Morgan fingerprint density at radius 1 is 0.264 bits per heavy atom. The molecule has 0 saturated heterocycles. The molecule has 91 heavy (non-hydrogen) atoms. The molecule has 2 aliphatic heterocycles. The number of fused-ring (bicyclic) bond motifs is 24. The molecular formula is C86H77BN4. The van der Waals surface area contributed by atoms with Crippen molar-refractivity contribution in [2.45, 2.75) is 131 Å². The first kappa shape index (κ1) is 54.6. The van der Waals surface area contributed by atoms with Gasteiger partial charge in [0.05, 0.1) is 44.3 Å². The zero-order chi connectivity index (χ0) is 62.6. The van der Waals surface area contributed by atoms with Crippen LogP contribution in [0, 0.1) is 0 Å². The number of benzene rings is 11. The first-order valence-corrected chi connectivity index (χ1v) is 33.1. The summed E-state index contributed by atoms with van der Waals surface area (Å²) in [6.45, 7) is 35.4. The second-order valence-corrected chi connectivity index (χ2v) is 32.2. The average Bonchev–Trinajstić information content (AvgIpc) is 1.53.